The lowest BCUT2D eigenvalue weighted by molar-refractivity contribution is -0.122. The lowest BCUT2D eigenvalue weighted by atomic mass is 10.1. The number of nitrogens with zero attached hydrogens (tertiary/aromatic N) is 3. The van der Waals surface area contributed by atoms with E-state index in [1.54, 1.807) is 20.0 Å². The van der Waals surface area contributed by atoms with Crippen LogP contribution in [0, 0.1) is 5.92 Å². The molecular formula is C18H22N6O2. The topological polar surface area (TPSA) is 105 Å². The summed E-state index contributed by atoms with van der Waals surface area (Å²) in [5.74, 6) is -0.0973. The molecule has 1 aromatic carbocycles. The van der Waals surface area contributed by atoms with E-state index >= 15 is 0 Å². The van der Waals surface area contributed by atoms with Gasteiger partial charge in [0.25, 0.3) is 0 Å². The first kappa shape index (κ1) is 17.7. The summed E-state index contributed by atoms with van der Waals surface area (Å²) in [5, 5.41) is 14.4. The molecule has 2 aromatic heterocycles. The van der Waals surface area contributed by atoms with Gasteiger partial charge in [0.2, 0.25) is 11.8 Å². The number of aromatic nitrogens is 4. The second-order valence-corrected chi connectivity index (χ2v) is 6.40. The average molecular weight is 354 g/mol. The van der Waals surface area contributed by atoms with E-state index in [2.05, 4.69) is 32.0 Å². The molecule has 0 fully saturated rings. The van der Waals surface area contributed by atoms with Crippen LogP contribution in [0.2, 0.25) is 0 Å². The van der Waals surface area contributed by atoms with Gasteiger partial charge in [-0.25, -0.2) is 4.68 Å². The number of nitrogens with one attached hydrogen (secondary N) is 3. The van der Waals surface area contributed by atoms with Crippen molar-refractivity contribution in [2.75, 3.05) is 11.9 Å². The summed E-state index contributed by atoms with van der Waals surface area (Å²) in [4.78, 5) is 26.9. The molecule has 0 aliphatic heterocycles. The number of aromatic amines is 1. The van der Waals surface area contributed by atoms with Gasteiger partial charge in [0.1, 0.15) is 6.54 Å². The molecule has 3 aromatic rings. The Kier molecular flexibility index (Phi) is 5.31. The third kappa shape index (κ3) is 4.27. The summed E-state index contributed by atoms with van der Waals surface area (Å²) in [6, 6.07) is 8.07. The van der Waals surface area contributed by atoms with Crippen LogP contribution in [0.25, 0.3) is 10.9 Å². The van der Waals surface area contributed by atoms with Crippen molar-refractivity contribution >= 4 is 28.5 Å². The number of fused-ring (bicyclic) bond motifs is 1. The summed E-state index contributed by atoms with van der Waals surface area (Å²) >= 11 is 0. The smallest absolute Gasteiger partial charge is 0.241 e. The Morgan fingerprint density at radius 3 is 2.88 bits per heavy atom. The lowest BCUT2D eigenvalue weighted by Crippen LogP contribution is -2.29. The lowest BCUT2D eigenvalue weighted by Gasteiger charge is -2.05. The van der Waals surface area contributed by atoms with Gasteiger partial charge in [-0.1, -0.05) is 37.3 Å². The van der Waals surface area contributed by atoms with Gasteiger partial charge in [0, 0.05) is 29.6 Å². The number of rotatable bonds is 7. The number of carbonyl (C=O) groups is 2. The summed E-state index contributed by atoms with van der Waals surface area (Å²) in [5.41, 5.74) is 2.26. The van der Waals surface area contributed by atoms with Crippen LogP contribution in [0.5, 0.6) is 0 Å². The maximum Gasteiger partial charge on any atom is 0.241 e. The van der Waals surface area contributed by atoms with Gasteiger partial charge in [-0.15, -0.1) is 5.10 Å². The van der Waals surface area contributed by atoms with Gasteiger partial charge >= 0.3 is 0 Å². The number of benzene rings is 1. The molecule has 3 N–H and O–H groups in total. The van der Waals surface area contributed by atoms with Crippen molar-refractivity contribution in [3.05, 3.63) is 42.2 Å². The number of para-hydroxylation sites is 1. The molecule has 0 atom stereocenters. The monoisotopic (exact) mass is 354 g/mol. The highest BCUT2D eigenvalue weighted by atomic mass is 16.2. The molecule has 0 aliphatic carbocycles. The molecule has 136 valence electrons. The van der Waals surface area contributed by atoms with E-state index in [0.717, 1.165) is 11.9 Å². The quantitative estimate of drug-likeness (QED) is 0.601. The van der Waals surface area contributed by atoms with Crippen molar-refractivity contribution in [2.24, 2.45) is 5.92 Å². The fourth-order valence-corrected chi connectivity index (χ4v) is 2.58. The Balaban J connectivity index is 1.47. The number of carbonyl (C=O) groups excluding carboxylic acids is 2. The molecule has 2 amide bonds. The molecule has 0 saturated heterocycles. The normalized spacial score (nSPS) is 11.0. The van der Waals surface area contributed by atoms with Crippen molar-refractivity contribution in [1.29, 1.82) is 0 Å². The largest absolute Gasteiger partial charge is 0.361 e. The second-order valence-electron chi connectivity index (χ2n) is 6.40. The van der Waals surface area contributed by atoms with Crippen LogP contribution in [-0.4, -0.2) is 38.3 Å². The van der Waals surface area contributed by atoms with Gasteiger partial charge in [0.05, 0.1) is 6.20 Å². The molecule has 0 spiro atoms. The maximum atomic E-state index is 12.0. The van der Waals surface area contributed by atoms with Crippen LogP contribution >= 0.6 is 0 Å². The zero-order chi connectivity index (χ0) is 18.5. The van der Waals surface area contributed by atoms with E-state index in [4.69, 9.17) is 0 Å². The molecule has 0 unspecified atom stereocenters. The van der Waals surface area contributed by atoms with E-state index in [1.807, 2.05) is 24.4 Å². The van der Waals surface area contributed by atoms with Crippen LogP contribution in [0.3, 0.4) is 0 Å². The zero-order valence-electron chi connectivity index (χ0n) is 14.8. The minimum atomic E-state index is -0.156. The number of H-pyrrole nitrogens is 1. The Morgan fingerprint density at radius 1 is 1.27 bits per heavy atom. The van der Waals surface area contributed by atoms with Crippen LogP contribution in [-0.2, 0) is 22.6 Å². The standard InChI is InChI=1S/C18H22N6O2/c1-12(2)18(26)21-16-10-24(23-22-16)11-17(25)19-8-7-13-9-20-15-6-4-3-5-14(13)15/h3-6,9-10,12,20H,7-8,11H2,1-2H3,(H,19,25)(H,21,26). The molecule has 8 nitrogen and oxygen atoms in total. The van der Waals surface area contributed by atoms with E-state index < -0.39 is 0 Å². The molecule has 0 radical (unpaired) electrons. The van der Waals surface area contributed by atoms with Gasteiger partial charge < -0.3 is 15.6 Å². The van der Waals surface area contributed by atoms with Gasteiger partial charge in [-0.05, 0) is 18.1 Å². The van der Waals surface area contributed by atoms with Crippen LogP contribution in [0.4, 0.5) is 5.82 Å². The van der Waals surface area contributed by atoms with Crippen molar-refractivity contribution in [3.63, 3.8) is 0 Å². The molecule has 0 aliphatic rings. The van der Waals surface area contributed by atoms with Crippen molar-refractivity contribution < 1.29 is 9.59 Å². The molecule has 2 heterocycles. The number of hydrogen-bond donors (Lipinski definition) is 3. The Morgan fingerprint density at radius 2 is 2.08 bits per heavy atom. The summed E-state index contributed by atoms with van der Waals surface area (Å²) in [7, 11) is 0. The van der Waals surface area contributed by atoms with E-state index in [0.29, 0.717) is 12.4 Å². The summed E-state index contributed by atoms with van der Waals surface area (Å²) in [6.07, 6.45) is 4.25. The number of hydrogen-bond acceptors (Lipinski definition) is 4. The molecule has 0 saturated carbocycles. The highest BCUT2D eigenvalue weighted by molar-refractivity contribution is 5.91. The second kappa shape index (κ2) is 7.81. The number of anilines is 1. The number of amides is 2. The molecule has 3 rings (SSSR count). The highest BCUT2D eigenvalue weighted by Crippen LogP contribution is 2.17. The predicted octanol–water partition coefficient (Wildman–Crippen LogP) is 1.71. The third-order valence-electron chi connectivity index (χ3n) is 4.01. The van der Waals surface area contributed by atoms with Crippen LogP contribution in [0.1, 0.15) is 19.4 Å². The van der Waals surface area contributed by atoms with Crippen LogP contribution in [0.15, 0.2) is 36.7 Å². The summed E-state index contributed by atoms with van der Waals surface area (Å²) < 4.78 is 1.40. The molecule has 8 heteroatoms. The van der Waals surface area contributed by atoms with E-state index in [9.17, 15) is 9.59 Å². The van der Waals surface area contributed by atoms with Crippen molar-refractivity contribution in [1.82, 2.24) is 25.3 Å². The minimum absolute atomic E-state index is 0.0540. The maximum absolute atomic E-state index is 12.0. The Labute approximate surface area is 151 Å². The van der Waals surface area contributed by atoms with Crippen molar-refractivity contribution in [3.8, 4) is 0 Å². The molecule has 0 bridgehead atoms. The fraction of sp³-hybridized carbons (Fsp3) is 0.333. The summed E-state index contributed by atoms with van der Waals surface area (Å²) in [6.45, 7) is 4.17. The van der Waals surface area contributed by atoms with Gasteiger partial charge in [-0.3, -0.25) is 9.59 Å². The zero-order valence-corrected chi connectivity index (χ0v) is 14.8. The Hall–Kier alpha value is -3.16. The predicted molar refractivity (Wildman–Crippen MR) is 98.5 cm³/mol. The average Bonchev–Trinajstić information content (AvgIpc) is 3.22. The van der Waals surface area contributed by atoms with E-state index in [-0.39, 0.29) is 24.3 Å². The third-order valence-corrected chi connectivity index (χ3v) is 4.01. The fourth-order valence-electron chi connectivity index (χ4n) is 2.58. The SMILES string of the molecule is CC(C)C(=O)Nc1cn(CC(=O)NCCc2c[nH]c3ccccc23)nn1. The minimum Gasteiger partial charge on any atom is -0.361 e. The first-order valence-corrected chi connectivity index (χ1v) is 8.55. The van der Waals surface area contributed by atoms with Crippen molar-refractivity contribution in [2.45, 2.75) is 26.8 Å². The highest BCUT2D eigenvalue weighted by Gasteiger charge is 2.11. The Bertz CT molecular complexity index is 911. The molecule has 26 heavy (non-hydrogen) atoms. The van der Waals surface area contributed by atoms with Gasteiger partial charge in [-0.2, -0.15) is 0 Å². The van der Waals surface area contributed by atoms with E-state index in [1.165, 1.54) is 15.6 Å². The first-order chi connectivity index (χ1) is 12.5. The van der Waals surface area contributed by atoms with Gasteiger partial charge in [0.15, 0.2) is 5.82 Å². The first-order valence-electron chi connectivity index (χ1n) is 8.55. The van der Waals surface area contributed by atoms with Crippen LogP contribution < -0.4 is 10.6 Å². The molecular weight excluding hydrogens is 332 g/mol.